The van der Waals surface area contributed by atoms with Crippen molar-refractivity contribution in [3.63, 3.8) is 0 Å². The topological polar surface area (TPSA) is 35.5 Å². The molecule has 0 atom stereocenters. The highest BCUT2D eigenvalue weighted by Gasteiger charge is 2.16. The van der Waals surface area contributed by atoms with Crippen molar-refractivity contribution >= 4 is 5.78 Å². The van der Waals surface area contributed by atoms with E-state index in [1.165, 1.54) is 0 Å². The number of benzene rings is 1. The summed E-state index contributed by atoms with van der Waals surface area (Å²) in [5.74, 6) is 0.0523. The molecule has 2 rings (SSSR count). The molecule has 1 aliphatic rings. The van der Waals surface area contributed by atoms with Gasteiger partial charge in [0, 0.05) is 18.8 Å². The molecule has 1 aromatic carbocycles. The predicted octanol–water partition coefficient (Wildman–Crippen LogP) is 2.37. The van der Waals surface area contributed by atoms with Crippen LogP contribution in [0.25, 0.3) is 0 Å². The summed E-state index contributed by atoms with van der Waals surface area (Å²) >= 11 is 0. The summed E-state index contributed by atoms with van der Waals surface area (Å²) in [5.41, 5.74) is 1.88. The minimum Gasteiger partial charge on any atom is -0.381 e. The molecule has 0 aliphatic carbocycles. The molecule has 3 heteroatoms. The van der Waals surface area contributed by atoms with Crippen LogP contribution in [0.1, 0.15) is 28.8 Å². The first kappa shape index (κ1) is 12.3. The van der Waals surface area contributed by atoms with Gasteiger partial charge in [-0.1, -0.05) is 29.8 Å². The summed E-state index contributed by atoms with van der Waals surface area (Å²) in [5, 5.41) is 0. The standard InChI is InChI=1S/C14H18O3/c1-11-2-4-12(5-3-11)14(15)10-17-13-6-8-16-9-7-13/h2-5,13H,6-10H2,1H3. The third kappa shape index (κ3) is 3.65. The zero-order chi connectivity index (χ0) is 12.1. The molecule has 92 valence electrons. The Balaban J connectivity index is 1.82. The van der Waals surface area contributed by atoms with Crippen LogP contribution in [-0.4, -0.2) is 31.7 Å². The van der Waals surface area contributed by atoms with Crippen LogP contribution in [0.15, 0.2) is 24.3 Å². The number of aryl methyl sites for hydroxylation is 1. The number of carbonyl (C=O) groups excluding carboxylic acids is 1. The molecule has 3 nitrogen and oxygen atoms in total. The lowest BCUT2D eigenvalue weighted by molar-refractivity contribution is -0.0262. The predicted molar refractivity (Wildman–Crippen MR) is 65.3 cm³/mol. The maximum absolute atomic E-state index is 11.8. The average molecular weight is 234 g/mol. The largest absolute Gasteiger partial charge is 0.381 e. The summed E-state index contributed by atoms with van der Waals surface area (Å²) in [7, 11) is 0. The van der Waals surface area contributed by atoms with Crippen LogP contribution in [0.3, 0.4) is 0 Å². The first-order chi connectivity index (χ1) is 8.25. The van der Waals surface area contributed by atoms with Gasteiger partial charge in [0.15, 0.2) is 5.78 Å². The fourth-order valence-corrected chi connectivity index (χ4v) is 1.86. The molecule has 1 saturated heterocycles. The van der Waals surface area contributed by atoms with E-state index < -0.39 is 0 Å². The van der Waals surface area contributed by atoms with Crippen LogP contribution in [0, 0.1) is 6.92 Å². The molecule has 1 aromatic rings. The maximum Gasteiger partial charge on any atom is 0.188 e. The fraction of sp³-hybridized carbons (Fsp3) is 0.500. The van der Waals surface area contributed by atoms with E-state index >= 15 is 0 Å². The van der Waals surface area contributed by atoms with Crippen molar-refractivity contribution in [2.45, 2.75) is 25.9 Å². The quantitative estimate of drug-likeness (QED) is 0.750. The molecule has 0 unspecified atom stereocenters. The lowest BCUT2D eigenvalue weighted by atomic mass is 10.1. The molecule has 0 bridgehead atoms. The number of hydrogen-bond acceptors (Lipinski definition) is 3. The Morgan fingerprint density at radius 3 is 2.59 bits per heavy atom. The zero-order valence-corrected chi connectivity index (χ0v) is 10.1. The number of rotatable bonds is 4. The van der Waals surface area contributed by atoms with Gasteiger partial charge >= 0.3 is 0 Å². The molecule has 0 spiro atoms. The van der Waals surface area contributed by atoms with E-state index in [2.05, 4.69) is 0 Å². The summed E-state index contributed by atoms with van der Waals surface area (Å²) in [6.07, 6.45) is 1.96. The number of hydrogen-bond donors (Lipinski definition) is 0. The second-order valence-corrected chi connectivity index (χ2v) is 4.41. The molecule has 1 fully saturated rings. The van der Waals surface area contributed by atoms with Crippen LogP contribution in [-0.2, 0) is 9.47 Å². The van der Waals surface area contributed by atoms with Crippen molar-refractivity contribution in [2.24, 2.45) is 0 Å². The van der Waals surface area contributed by atoms with E-state index in [0.29, 0.717) is 0 Å². The Kier molecular flexibility index (Phi) is 4.29. The van der Waals surface area contributed by atoms with Crippen LogP contribution >= 0.6 is 0 Å². The number of carbonyl (C=O) groups is 1. The SMILES string of the molecule is Cc1ccc(C(=O)COC2CCOCC2)cc1. The van der Waals surface area contributed by atoms with Crippen LogP contribution < -0.4 is 0 Å². The highest BCUT2D eigenvalue weighted by Crippen LogP contribution is 2.11. The van der Waals surface area contributed by atoms with E-state index in [1.807, 2.05) is 31.2 Å². The second-order valence-electron chi connectivity index (χ2n) is 4.41. The third-order valence-corrected chi connectivity index (χ3v) is 2.99. The van der Waals surface area contributed by atoms with Crippen molar-refractivity contribution < 1.29 is 14.3 Å². The van der Waals surface area contributed by atoms with Gasteiger partial charge in [-0.15, -0.1) is 0 Å². The molecule has 1 heterocycles. The lowest BCUT2D eigenvalue weighted by Gasteiger charge is -2.21. The minimum atomic E-state index is 0.0523. The van der Waals surface area contributed by atoms with Gasteiger partial charge in [-0.3, -0.25) is 4.79 Å². The molecule has 0 aromatic heterocycles. The van der Waals surface area contributed by atoms with Gasteiger partial charge in [-0.25, -0.2) is 0 Å². The molecule has 0 saturated carbocycles. The summed E-state index contributed by atoms with van der Waals surface area (Å²) in [4.78, 5) is 11.8. The Labute approximate surface area is 102 Å². The third-order valence-electron chi connectivity index (χ3n) is 2.99. The zero-order valence-electron chi connectivity index (χ0n) is 10.1. The fourth-order valence-electron chi connectivity index (χ4n) is 1.86. The van der Waals surface area contributed by atoms with Crippen molar-refractivity contribution in [2.75, 3.05) is 19.8 Å². The normalized spacial score (nSPS) is 17.0. The van der Waals surface area contributed by atoms with Crippen LogP contribution in [0.2, 0.25) is 0 Å². The molecule has 0 radical (unpaired) electrons. The Hall–Kier alpha value is -1.19. The summed E-state index contributed by atoms with van der Waals surface area (Å²) in [6, 6.07) is 7.60. The minimum absolute atomic E-state index is 0.0523. The summed E-state index contributed by atoms with van der Waals surface area (Å²) < 4.78 is 10.8. The second kappa shape index (κ2) is 5.94. The smallest absolute Gasteiger partial charge is 0.188 e. The van der Waals surface area contributed by atoms with Gasteiger partial charge in [0.05, 0.1) is 6.10 Å². The van der Waals surface area contributed by atoms with Crippen molar-refractivity contribution in [1.29, 1.82) is 0 Å². The highest BCUT2D eigenvalue weighted by molar-refractivity contribution is 5.97. The van der Waals surface area contributed by atoms with Gasteiger partial charge < -0.3 is 9.47 Å². The van der Waals surface area contributed by atoms with Gasteiger partial charge in [0.1, 0.15) is 6.61 Å². The number of ketones is 1. The maximum atomic E-state index is 11.8. The highest BCUT2D eigenvalue weighted by atomic mass is 16.5. The van der Waals surface area contributed by atoms with Crippen LogP contribution in [0.4, 0.5) is 0 Å². The Bertz CT molecular complexity index is 364. The van der Waals surface area contributed by atoms with Gasteiger partial charge in [0.2, 0.25) is 0 Å². The van der Waals surface area contributed by atoms with E-state index in [4.69, 9.17) is 9.47 Å². The molecule has 17 heavy (non-hydrogen) atoms. The molecule has 1 aliphatic heterocycles. The van der Waals surface area contributed by atoms with Crippen LogP contribution in [0.5, 0.6) is 0 Å². The van der Waals surface area contributed by atoms with Gasteiger partial charge in [-0.2, -0.15) is 0 Å². The Morgan fingerprint density at radius 2 is 1.94 bits per heavy atom. The summed E-state index contributed by atoms with van der Waals surface area (Å²) in [6.45, 7) is 3.66. The average Bonchev–Trinajstić information content (AvgIpc) is 2.38. The first-order valence-electron chi connectivity index (χ1n) is 6.05. The first-order valence-corrected chi connectivity index (χ1v) is 6.05. The van der Waals surface area contributed by atoms with Crippen molar-refractivity contribution in [3.05, 3.63) is 35.4 Å². The van der Waals surface area contributed by atoms with E-state index in [0.717, 1.165) is 37.2 Å². The number of Topliss-reactive ketones (excluding diaryl/α,β-unsaturated/α-hetero) is 1. The van der Waals surface area contributed by atoms with Crippen molar-refractivity contribution in [3.8, 4) is 0 Å². The molecular formula is C14H18O3. The monoisotopic (exact) mass is 234 g/mol. The van der Waals surface area contributed by atoms with E-state index in [9.17, 15) is 4.79 Å². The van der Waals surface area contributed by atoms with Crippen molar-refractivity contribution in [1.82, 2.24) is 0 Å². The van der Waals surface area contributed by atoms with Gasteiger partial charge in [-0.05, 0) is 19.8 Å². The molecule has 0 amide bonds. The lowest BCUT2D eigenvalue weighted by Crippen LogP contribution is -2.25. The Morgan fingerprint density at radius 1 is 1.29 bits per heavy atom. The van der Waals surface area contributed by atoms with Gasteiger partial charge in [0.25, 0.3) is 0 Å². The number of ether oxygens (including phenoxy) is 2. The van der Waals surface area contributed by atoms with E-state index in [1.54, 1.807) is 0 Å². The molecule has 0 N–H and O–H groups in total. The van der Waals surface area contributed by atoms with E-state index in [-0.39, 0.29) is 18.5 Å². The molecular weight excluding hydrogens is 216 g/mol.